The van der Waals surface area contributed by atoms with Gasteiger partial charge in [0.05, 0.1) is 25.5 Å². The van der Waals surface area contributed by atoms with E-state index in [2.05, 4.69) is 10.3 Å². The number of rotatable bonds is 3. The van der Waals surface area contributed by atoms with Gasteiger partial charge in [0.25, 0.3) is 5.91 Å². The average Bonchev–Trinajstić information content (AvgIpc) is 3.25. The van der Waals surface area contributed by atoms with E-state index in [0.29, 0.717) is 45.1 Å². The van der Waals surface area contributed by atoms with Gasteiger partial charge in [-0.25, -0.2) is 4.68 Å². The Morgan fingerprint density at radius 2 is 1.86 bits per heavy atom. The molecule has 3 aliphatic rings. The van der Waals surface area contributed by atoms with Crippen molar-refractivity contribution in [3.63, 3.8) is 0 Å². The maximum absolute atomic E-state index is 12.3. The molecule has 1 aromatic rings. The minimum Gasteiger partial charge on any atom is -0.378 e. The second-order valence-corrected chi connectivity index (χ2v) is 6.16. The third-order valence-corrected chi connectivity index (χ3v) is 4.50. The number of likely N-dealkylation sites (tertiary alicyclic amines) is 1. The smallest absolute Gasteiger partial charge is 0.276 e. The number of carbonyl (C=O) groups is 2. The first-order valence-electron chi connectivity index (χ1n) is 7.80. The lowest BCUT2D eigenvalue weighted by Gasteiger charge is -2.39. The van der Waals surface area contributed by atoms with Crippen LogP contribution in [0.5, 0.6) is 0 Å². The predicted molar refractivity (Wildman–Crippen MR) is 75.1 cm³/mol. The summed E-state index contributed by atoms with van der Waals surface area (Å²) in [5.74, 6) is 0.427. The molecule has 0 unspecified atom stereocenters. The quantitative estimate of drug-likeness (QED) is 0.755. The molecule has 3 fully saturated rings. The number of ether oxygens (including phenoxy) is 1. The molecule has 0 radical (unpaired) electrons. The van der Waals surface area contributed by atoms with Crippen LogP contribution >= 0.6 is 0 Å². The van der Waals surface area contributed by atoms with Crippen molar-refractivity contribution in [3.05, 3.63) is 11.9 Å². The van der Waals surface area contributed by atoms with E-state index in [1.54, 1.807) is 15.8 Å². The van der Waals surface area contributed by atoms with Gasteiger partial charge in [0, 0.05) is 32.1 Å². The number of morpholine rings is 1. The maximum Gasteiger partial charge on any atom is 0.276 e. The molecule has 0 spiro atoms. The lowest BCUT2D eigenvalue weighted by atomic mass is 10.1. The van der Waals surface area contributed by atoms with Crippen LogP contribution in [0.2, 0.25) is 0 Å². The molecular formula is C14H19N5O3. The number of nitrogens with zero attached hydrogens (tertiary/aromatic N) is 5. The summed E-state index contributed by atoms with van der Waals surface area (Å²) in [5.41, 5.74) is 0.369. The van der Waals surface area contributed by atoms with Crippen LogP contribution in [0.1, 0.15) is 29.4 Å². The highest BCUT2D eigenvalue weighted by molar-refractivity contribution is 5.92. The lowest BCUT2D eigenvalue weighted by molar-refractivity contribution is -0.138. The van der Waals surface area contributed by atoms with E-state index in [1.165, 1.54) is 0 Å². The summed E-state index contributed by atoms with van der Waals surface area (Å²) >= 11 is 0. The molecule has 1 aliphatic carbocycles. The molecule has 0 N–H and O–H groups in total. The van der Waals surface area contributed by atoms with E-state index >= 15 is 0 Å². The zero-order valence-corrected chi connectivity index (χ0v) is 12.3. The first kappa shape index (κ1) is 13.7. The predicted octanol–water partition coefficient (Wildman–Crippen LogP) is -0.456. The molecule has 0 bridgehead atoms. The summed E-state index contributed by atoms with van der Waals surface area (Å²) in [7, 11) is 0. The van der Waals surface area contributed by atoms with Gasteiger partial charge in [0.2, 0.25) is 5.91 Å². The Labute approximate surface area is 128 Å². The molecule has 118 valence electrons. The molecule has 2 saturated heterocycles. The molecule has 1 saturated carbocycles. The van der Waals surface area contributed by atoms with Crippen LogP contribution < -0.4 is 0 Å². The van der Waals surface area contributed by atoms with Gasteiger partial charge in [-0.15, -0.1) is 5.10 Å². The number of hydrogen-bond donors (Lipinski definition) is 0. The fourth-order valence-electron chi connectivity index (χ4n) is 2.87. The standard InChI is InChI=1S/C14H19N5O3/c20-13(10-1-2-10)18-7-11(8-18)19-9-12(15-16-19)14(21)17-3-5-22-6-4-17/h9-11H,1-8H2. The lowest BCUT2D eigenvalue weighted by Crippen LogP contribution is -2.51. The van der Waals surface area contributed by atoms with Crippen molar-refractivity contribution in [1.82, 2.24) is 24.8 Å². The van der Waals surface area contributed by atoms with Crippen molar-refractivity contribution in [3.8, 4) is 0 Å². The highest BCUT2D eigenvalue weighted by Crippen LogP contribution is 2.34. The molecule has 8 heteroatoms. The SMILES string of the molecule is O=C(c1cn(C2CN(C(=O)C3CC3)C2)nn1)N1CCOCC1. The Balaban J connectivity index is 1.35. The zero-order chi connectivity index (χ0) is 15.1. The van der Waals surface area contributed by atoms with E-state index in [0.717, 1.165) is 12.8 Å². The minimum atomic E-state index is -0.0974. The van der Waals surface area contributed by atoms with Crippen LogP contribution in [-0.2, 0) is 9.53 Å². The van der Waals surface area contributed by atoms with Gasteiger partial charge in [-0.3, -0.25) is 9.59 Å². The molecule has 3 heterocycles. The van der Waals surface area contributed by atoms with Crippen molar-refractivity contribution in [1.29, 1.82) is 0 Å². The molecule has 2 amide bonds. The summed E-state index contributed by atoms with van der Waals surface area (Å²) < 4.78 is 6.95. The Kier molecular flexibility index (Phi) is 3.33. The molecule has 0 aromatic carbocycles. The highest BCUT2D eigenvalue weighted by atomic mass is 16.5. The number of aromatic nitrogens is 3. The van der Waals surface area contributed by atoms with Crippen LogP contribution in [0.25, 0.3) is 0 Å². The van der Waals surface area contributed by atoms with Gasteiger partial charge >= 0.3 is 0 Å². The summed E-state index contributed by atoms with van der Waals surface area (Å²) in [5, 5.41) is 8.05. The van der Waals surface area contributed by atoms with Gasteiger partial charge in [-0.2, -0.15) is 0 Å². The number of hydrogen-bond acceptors (Lipinski definition) is 5. The fraction of sp³-hybridized carbons (Fsp3) is 0.714. The molecule has 0 atom stereocenters. The third kappa shape index (κ3) is 2.47. The Morgan fingerprint density at radius 3 is 2.55 bits per heavy atom. The normalized spacial score (nSPS) is 22.5. The zero-order valence-electron chi connectivity index (χ0n) is 12.3. The van der Waals surface area contributed by atoms with Crippen molar-refractivity contribution in [2.45, 2.75) is 18.9 Å². The fourth-order valence-corrected chi connectivity index (χ4v) is 2.87. The molecule has 1 aromatic heterocycles. The van der Waals surface area contributed by atoms with Gasteiger partial charge in [-0.05, 0) is 12.8 Å². The van der Waals surface area contributed by atoms with Crippen LogP contribution in [0.4, 0.5) is 0 Å². The first-order chi connectivity index (χ1) is 10.7. The van der Waals surface area contributed by atoms with Crippen molar-refractivity contribution < 1.29 is 14.3 Å². The Morgan fingerprint density at radius 1 is 1.14 bits per heavy atom. The molecule has 22 heavy (non-hydrogen) atoms. The Hall–Kier alpha value is -1.96. The van der Waals surface area contributed by atoms with Gasteiger partial charge in [0.15, 0.2) is 5.69 Å². The summed E-state index contributed by atoms with van der Waals surface area (Å²) in [6, 6.07) is 0.140. The first-order valence-corrected chi connectivity index (χ1v) is 7.80. The van der Waals surface area contributed by atoms with E-state index in [4.69, 9.17) is 4.74 Å². The summed E-state index contributed by atoms with van der Waals surface area (Å²) in [6.45, 7) is 3.67. The second-order valence-electron chi connectivity index (χ2n) is 6.16. The minimum absolute atomic E-state index is 0.0974. The van der Waals surface area contributed by atoms with Crippen LogP contribution in [0, 0.1) is 5.92 Å². The maximum atomic E-state index is 12.3. The Bertz CT molecular complexity index is 585. The molecule has 2 aliphatic heterocycles. The highest BCUT2D eigenvalue weighted by Gasteiger charge is 2.40. The molecular weight excluding hydrogens is 286 g/mol. The van der Waals surface area contributed by atoms with E-state index < -0.39 is 0 Å². The topological polar surface area (TPSA) is 80.6 Å². The van der Waals surface area contributed by atoms with Crippen molar-refractivity contribution >= 4 is 11.8 Å². The van der Waals surface area contributed by atoms with Gasteiger partial charge in [0.1, 0.15) is 0 Å². The van der Waals surface area contributed by atoms with Crippen molar-refractivity contribution in [2.75, 3.05) is 39.4 Å². The van der Waals surface area contributed by atoms with E-state index in [-0.39, 0.29) is 23.8 Å². The number of amides is 2. The van der Waals surface area contributed by atoms with Gasteiger partial charge < -0.3 is 14.5 Å². The molecule has 4 rings (SSSR count). The molecule has 8 nitrogen and oxygen atoms in total. The van der Waals surface area contributed by atoms with E-state index in [9.17, 15) is 9.59 Å². The van der Waals surface area contributed by atoms with Gasteiger partial charge in [-0.1, -0.05) is 5.21 Å². The third-order valence-electron chi connectivity index (χ3n) is 4.50. The van der Waals surface area contributed by atoms with Crippen LogP contribution in [-0.4, -0.2) is 76.0 Å². The monoisotopic (exact) mass is 305 g/mol. The van der Waals surface area contributed by atoms with Crippen LogP contribution in [0.15, 0.2) is 6.20 Å². The second kappa shape index (κ2) is 5.35. The summed E-state index contributed by atoms with van der Waals surface area (Å²) in [6.07, 6.45) is 3.75. The average molecular weight is 305 g/mol. The van der Waals surface area contributed by atoms with Crippen molar-refractivity contribution in [2.24, 2.45) is 5.92 Å². The van der Waals surface area contributed by atoms with E-state index in [1.807, 2.05) is 4.90 Å². The largest absolute Gasteiger partial charge is 0.378 e. The summed E-state index contributed by atoms with van der Waals surface area (Å²) in [4.78, 5) is 27.8. The number of carbonyl (C=O) groups excluding carboxylic acids is 2. The van der Waals surface area contributed by atoms with Crippen LogP contribution in [0.3, 0.4) is 0 Å².